The van der Waals surface area contributed by atoms with Crippen molar-refractivity contribution in [3.8, 4) is 0 Å². The number of hydrogen-bond donors (Lipinski definition) is 1. The number of benzene rings is 1. The fraction of sp³-hybridized carbons (Fsp3) is 0.579. The maximum Gasteiger partial charge on any atom is 0.320 e. The number of hydrogen-bond acceptors (Lipinski definition) is 3. The zero-order chi connectivity index (χ0) is 16.9. The Balaban J connectivity index is 0.00000225. The van der Waals surface area contributed by atoms with Gasteiger partial charge in [-0.25, -0.2) is 0 Å². The van der Waals surface area contributed by atoms with Gasteiger partial charge < -0.3 is 10.0 Å². The first-order chi connectivity index (χ1) is 11.6. The number of carboxylic acid groups (broad SMARTS) is 1. The van der Waals surface area contributed by atoms with Gasteiger partial charge in [0.25, 0.3) is 0 Å². The van der Waals surface area contributed by atoms with Crippen LogP contribution in [0.4, 0.5) is 0 Å². The van der Waals surface area contributed by atoms with Gasteiger partial charge >= 0.3 is 5.97 Å². The summed E-state index contributed by atoms with van der Waals surface area (Å²) >= 11 is 0. The highest BCUT2D eigenvalue weighted by Crippen LogP contribution is 2.23. The van der Waals surface area contributed by atoms with Crippen molar-refractivity contribution in [1.29, 1.82) is 0 Å². The smallest absolute Gasteiger partial charge is 0.320 e. The summed E-state index contributed by atoms with van der Waals surface area (Å²) in [6.07, 6.45) is 4.66. The highest BCUT2D eigenvalue weighted by molar-refractivity contribution is 5.85. The Morgan fingerprint density at radius 1 is 1.04 bits per heavy atom. The van der Waals surface area contributed by atoms with Crippen LogP contribution >= 0.6 is 12.4 Å². The second-order valence-electron chi connectivity index (χ2n) is 6.98. The number of likely N-dealkylation sites (tertiary alicyclic amines) is 2. The van der Waals surface area contributed by atoms with Gasteiger partial charge in [0, 0.05) is 13.1 Å². The molecule has 0 radical (unpaired) electrons. The van der Waals surface area contributed by atoms with Gasteiger partial charge in [-0.15, -0.1) is 12.4 Å². The molecule has 0 bridgehead atoms. The number of aliphatic carboxylic acids is 1. The number of amides is 1. The van der Waals surface area contributed by atoms with Gasteiger partial charge in [0.1, 0.15) is 6.04 Å². The van der Waals surface area contributed by atoms with Crippen molar-refractivity contribution in [2.24, 2.45) is 5.92 Å². The molecule has 0 spiro atoms. The zero-order valence-electron chi connectivity index (χ0n) is 14.5. The fourth-order valence-corrected chi connectivity index (χ4v) is 3.90. The van der Waals surface area contributed by atoms with Crippen LogP contribution in [0.15, 0.2) is 30.3 Å². The quantitative estimate of drug-likeness (QED) is 0.869. The molecule has 5 nitrogen and oxygen atoms in total. The molecule has 2 aliphatic rings. The summed E-state index contributed by atoms with van der Waals surface area (Å²) < 4.78 is 0. The molecule has 6 heteroatoms. The maximum absolute atomic E-state index is 12.5. The third-order valence-electron chi connectivity index (χ3n) is 5.32. The van der Waals surface area contributed by atoms with E-state index in [1.165, 1.54) is 5.56 Å². The summed E-state index contributed by atoms with van der Waals surface area (Å²) in [7, 11) is 0. The summed E-state index contributed by atoms with van der Waals surface area (Å²) in [6, 6.07) is 10.0. The third-order valence-corrected chi connectivity index (χ3v) is 5.32. The lowest BCUT2D eigenvalue weighted by atomic mass is 9.90. The van der Waals surface area contributed by atoms with Crippen LogP contribution in [-0.4, -0.2) is 59.0 Å². The Kier molecular flexibility index (Phi) is 7.26. The molecule has 3 rings (SSSR count). The molecule has 1 aromatic rings. The van der Waals surface area contributed by atoms with Crippen molar-refractivity contribution in [3.63, 3.8) is 0 Å². The number of nitrogens with zero attached hydrogens (tertiary/aromatic N) is 2. The minimum absolute atomic E-state index is 0. The molecule has 2 fully saturated rings. The second kappa shape index (κ2) is 9.20. The number of rotatable bonds is 5. The van der Waals surface area contributed by atoms with Crippen LogP contribution in [0.25, 0.3) is 0 Å². The van der Waals surface area contributed by atoms with Gasteiger partial charge in [-0.3, -0.25) is 14.5 Å². The lowest BCUT2D eigenvalue weighted by Gasteiger charge is -2.33. The molecule has 138 valence electrons. The molecule has 1 atom stereocenters. The largest absolute Gasteiger partial charge is 0.480 e. The number of piperidine rings is 1. The number of carbonyl (C=O) groups is 2. The van der Waals surface area contributed by atoms with Gasteiger partial charge in [-0.05, 0) is 50.1 Å². The van der Waals surface area contributed by atoms with Crippen molar-refractivity contribution >= 4 is 24.3 Å². The van der Waals surface area contributed by atoms with E-state index in [-0.39, 0.29) is 24.9 Å². The summed E-state index contributed by atoms with van der Waals surface area (Å²) in [5.41, 5.74) is 1.36. The van der Waals surface area contributed by atoms with Crippen LogP contribution in [0.5, 0.6) is 0 Å². The van der Waals surface area contributed by atoms with Gasteiger partial charge in [-0.1, -0.05) is 30.3 Å². The van der Waals surface area contributed by atoms with Crippen molar-refractivity contribution in [2.75, 3.05) is 26.2 Å². The average Bonchev–Trinajstić information content (AvgIpc) is 3.05. The van der Waals surface area contributed by atoms with E-state index in [0.717, 1.165) is 38.8 Å². The molecular formula is C19H27ClN2O3. The number of carbonyl (C=O) groups excluding carboxylic acids is 1. The van der Waals surface area contributed by atoms with Crippen LogP contribution in [0.3, 0.4) is 0 Å². The standard InChI is InChI=1S/C19H26N2O3.ClH/c22-18(14-21-10-4-7-17(21)19(23)24)20-11-8-16(9-12-20)13-15-5-2-1-3-6-15;/h1-3,5-6,16-17H,4,7-14H2,(H,23,24);1H/t17-;/m1./s1. The molecule has 2 aliphatic heterocycles. The number of halogens is 1. The van der Waals surface area contributed by atoms with Gasteiger partial charge in [0.15, 0.2) is 0 Å². The lowest BCUT2D eigenvalue weighted by molar-refractivity contribution is -0.143. The van der Waals surface area contributed by atoms with Crippen LogP contribution in [0.1, 0.15) is 31.2 Å². The Hall–Kier alpha value is -1.59. The van der Waals surface area contributed by atoms with Crippen LogP contribution in [0, 0.1) is 5.92 Å². The predicted octanol–water partition coefficient (Wildman–Crippen LogP) is 2.44. The maximum atomic E-state index is 12.5. The van der Waals surface area contributed by atoms with Crippen molar-refractivity contribution in [1.82, 2.24) is 9.80 Å². The van der Waals surface area contributed by atoms with E-state index in [1.54, 1.807) is 0 Å². The van der Waals surface area contributed by atoms with E-state index in [9.17, 15) is 14.7 Å². The number of carboxylic acids is 1. The molecule has 1 N–H and O–H groups in total. The first kappa shape index (κ1) is 19.7. The van der Waals surface area contributed by atoms with E-state index >= 15 is 0 Å². The molecule has 2 saturated heterocycles. The minimum atomic E-state index is -0.804. The minimum Gasteiger partial charge on any atom is -0.480 e. The summed E-state index contributed by atoms with van der Waals surface area (Å²) in [5.74, 6) is -0.0850. The third kappa shape index (κ3) is 5.19. The topological polar surface area (TPSA) is 60.9 Å². The average molecular weight is 367 g/mol. The van der Waals surface area contributed by atoms with E-state index in [4.69, 9.17) is 0 Å². The molecule has 25 heavy (non-hydrogen) atoms. The van der Waals surface area contributed by atoms with Gasteiger partial charge in [0.2, 0.25) is 5.91 Å². The van der Waals surface area contributed by atoms with Crippen LogP contribution < -0.4 is 0 Å². The molecule has 0 aromatic heterocycles. The molecular weight excluding hydrogens is 340 g/mol. The van der Waals surface area contributed by atoms with Crippen molar-refractivity contribution in [3.05, 3.63) is 35.9 Å². The van der Waals surface area contributed by atoms with Gasteiger partial charge in [0.05, 0.1) is 6.54 Å². The monoisotopic (exact) mass is 366 g/mol. The molecule has 0 saturated carbocycles. The van der Waals surface area contributed by atoms with Crippen molar-refractivity contribution < 1.29 is 14.7 Å². The molecule has 0 unspecified atom stereocenters. The second-order valence-corrected chi connectivity index (χ2v) is 6.98. The van der Waals surface area contributed by atoms with Crippen LogP contribution in [0.2, 0.25) is 0 Å². The molecule has 1 aromatic carbocycles. The molecule has 1 amide bonds. The first-order valence-electron chi connectivity index (χ1n) is 8.92. The van der Waals surface area contributed by atoms with E-state index in [0.29, 0.717) is 18.9 Å². The van der Waals surface area contributed by atoms with Crippen molar-refractivity contribution in [2.45, 2.75) is 38.1 Å². The summed E-state index contributed by atoms with van der Waals surface area (Å²) in [4.78, 5) is 27.4. The summed E-state index contributed by atoms with van der Waals surface area (Å²) in [5, 5.41) is 9.22. The Labute approximate surface area is 155 Å². The first-order valence-corrected chi connectivity index (χ1v) is 8.92. The molecule has 2 heterocycles. The Bertz CT molecular complexity index is 573. The SMILES string of the molecule is Cl.O=C(O)[C@H]1CCCN1CC(=O)N1CCC(Cc2ccccc2)CC1. The normalized spacial score (nSPS) is 21.8. The Morgan fingerprint density at radius 2 is 1.72 bits per heavy atom. The van der Waals surface area contributed by atoms with Gasteiger partial charge in [-0.2, -0.15) is 0 Å². The lowest BCUT2D eigenvalue weighted by Crippen LogP contribution is -2.47. The Morgan fingerprint density at radius 3 is 2.36 bits per heavy atom. The zero-order valence-corrected chi connectivity index (χ0v) is 15.3. The fourth-order valence-electron chi connectivity index (χ4n) is 3.90. The predicted molar refractivity (Wildman–Crippen MR) is 98.9 cm³/mol. The van der Waals surface area contributed by atoms with Crippen LogP contribution in [-0.2, 0) is 16.0 Å². The highest BCUT2D eigenvalue weighted by Gasteiger charge is 2.33. The summed E-state index contributed by atoms with van der Waals surface area (Å²) in [6.45, 7) is 2.55. The van der Waals surface area contributed by atoms with E-state index in [1.807, 2.05) is 15.9 Å². The van der Waals surface area contributed by atoms with E-state index < -0.39 is 12.0 Å². The molecule has 0 aliphatic carbocycles. The van der Waals surface area contributed by atoms with E-state index in [2.05, 4.69) is 24.3 Å². The highest BCUT2D eigenvalue weighted by atomic mass is 35.5.